The SMILES string of the molecule is CC(OC(=O)C1CC2C=CC1C2=O)OC1CCCCC1. The summed E-state index contributed by atoms with van der Waals surface area (Å²) in [7, 11) is 0. The first-order valence-corrected chi connectivity index (χ1v) is 7.73. The fourth-order valence-electron chi connectivity index (χ4n) is 3.63. The Kier molecular flexibility index (Phi) is 3.92. The summed E-state index contributed by atoms with van der Waals surface area (Å²) in [5, 5.41) is 0. The van der Waals surface area contributed by atoms with Crippen molar-refractivity contribution in [1.29, 1.82) is 0 Å². The summed E-state index contributed by atoms with van der Waals surface area (Å²) in [5.41, 5.74) is 0. The molecule has 4 atom stereocenters. The van der Waals surface area contributed by atoms with E-state index in [0.717, 1.165) is 12.8 Å². The van der Waals surface area contributed by atoms with Gasteiger partial charge >= 0.3 is 5.97 Å². The molecular formula is C16H22O4. The van der Waals surface area contributed by atoms with E-state index < -0.39 is 6.29 Å². The number of carbonyl (C=O) groups excluding carboxylic acids is 2. The van der Waals surface area contributed by atoms with Crippen molar-refractivity contribution in [2.24, 2.45) is 17.8 Å². The molecule has 0 N–H and O–H groups in total. The average molecular weight is 278 g/mol. The van der Waals surface area contributed by atoms with Gasteiger partial charge in [0.2, 0.25) is 0 Å². The zero-order chi connectivity index (χ0) is 14.1. The van der Waals surface area contributed by atoms with Gasteiger partial charge in [0, 0.05) is 11.8 Å². The highest BCUT2D eigenvalue weighted by Gasteiger charge is 2.47. The standard InChI is InChI=1S/C16H22O4/c1-10(19-12-5-3-2-4-6-12)20-16(18)14-9-11-7-8-13(14)15(11)17/h7-8,10-14H,2-6,9H2,1H3. The van der Waals surface area contributed by atoms with Gasteiger partial charge in [0.1, 0.15) is 5.78 Å². The Bertz CT molecular complexity index is 422. The number of ether oxygens (including phenoxy) is 2. The van der Waals surface area contributed by atoms with Crippen molar-refractivity contribution >= 4 is 11.8 Å². The first-order chi connectivity index (χ1) is 9.65. The largest absolute Gasteiger partial charge is 0.436 e. The van der Waals surface area contributed by atoms with E-state index in [4.69, 9.17) is 9.47 Å². The maximum Gasteiger partial charge on any atom is 0.312 e. The molecule has 4 nitrogen and oxygen atoms in total. The monoisotopic (exact) mass is 278 g/mol. The molecule has 4 unspecified atom stereocenters. The number of fused-ring (bicyclic) bond motifs is 2. The number of ketones is 1. The fraction of sp³-hybridized carbons (Fsp3) is 0.750. The third-order valence-electron chi connectivity index (χ3n) is 4.71. The van der Waals surface area contributed by atoms with Gasteiger partial charge in [-0.15, -0.1) is 0 Å². The van der Waals surface area contributed by atoms with Crippen LogP contribution in [0.3, 0.4) is 0 Å². The van der Waals surface area contributed by atoms with Crippen LogP contribution in [0.2, 0.25) is 0 Å². The molecule has 0 aromatic rings. The van der Waals surface area contributed by atoms with Gasteiger partial charge in [-0.2, -0.15) is 0 Å². The fourth-order valence-corrected chi connectivity index (χ4v) is 3.63. The average Bonchev–Trinajstić information content (AvgIpc) is 2.95. The maximum atomic E-state index is 12.1. The van der Waals surface area contributed by atoms with Crippen molar-refractivity contribution in [3.05, 3.63) is 12.2 Å². The third-order valence-corrected chi connectivity index (χ3v) is 4.71. The molecule has 0 aromatic carbocycles. The van der Waals surface area contributed by atoms with Crippen LogP contribution in [0.15, 0.2) is 12.2 Å². The van der Waals surface area contributed by atoms with E-state index >= 15 is 0 Å². The second-order valence-electron chi connectivity index (χ2n) is 6.16. The Hall–Kier alpha value is -1.16. The number of allylic oxidation sites excluding steroid dienone is 2. The van der Waals surface area contributed by atoms with Gasteiger partial charge in [-0.3, -0.25) is 9.59 Å². The molecule has 2 bridgehead atoms. The molecule has 0 saturated heterocycles. The van der Waals surface area contributed by atoms with Gasteiger partial charge in [-0.1, -0.05) is 31.4 Å². The van der Waals surface area contributed by atoms with E-state index in [9.17, 15) is 9.59 Å². The lowest BCUT2D eigenvalue weighted by atomic mass is 9.94. The highest BCUT2D eigenvalue weighted by atomic mass is 16.7. The minimum absolute atomic E-state index is 0.0629. The number of rotatable bonds is 4. The van der Waals surface area contributed by atoms with Gasteiger partial charge in [0.25, 0.3) is 0 Å². The predicted molar refractivity (Wildman–Crippen MR) is 72.7 cm³/mol. The van der Waals surface area contributed by atoms with Gasteiger partial charge in [0.15, 0.2) is 6.29 Å². The second-order valence-corrected chi connectivity index (χ2v) is 6.16. The summed E-state index contributed by atoms with van der Waals surface area (Å²) in [4.78, 5) is 23.9. The highest BCUT2D eigenvalue weighted by molar-refractivity contribution is 5.96. The summed E-state index contributed by atoms with van der Waals surface area (Å²) in [6.45, 7) is 1.78. The quantitative estimate of drug-likeness (QED) is 0.450. The lowest BCUT2D eigenvalue weighted by molar-refractivity contribution is -0.192. The molecule has 0 spiro atoms. The van der Waals surface area contributed by atoms with E-state index in [-0.39, 0.29) is 35.6 Å². The van der Waals surface area contributed by atoms with Crippen molar-refractivity contribution in [3.63, 3.8) is 0 Å². The van der Waals surface area contributed by atoms with Crippen molar-refractivity contribution in [3.8, 4) is 0 Å². The Morgan fingerprint density at radius 2 is 2.00 bits per heavy atom. The topological polar surface area (TPSA) is 52.6 Å². The number of hydrogen-bond donors (Lipinski definition) is 0. The highest BCUT2D eigenvalue weighted by Crippen LogP contribution is 2.41. The van der Waals surface area contributed by atoms with Gasteiger partial charge in [-0.05, 0) is 26.2 Å². The van der Waals surface area contributed by atoms with Crippen molar-refractivity contribution in [1.82, 2.24) is 0 Å². The molecule has 2 saturated carbocycles. The van der Waals surface area contributed by atoms with Crippen LogP contribution in [0.4, 0.5) is 0 Å². The molecule has 20 heavy (non-hydrogen) atoms. The molecule has 4 heteroatoms. The normalized spacial score (nSPS) is 34.5. The van der Waals surface area contributed by atoms with Crippen LogP contribution in [0.25, 0.3) is 0 Å². The number of hydrogen-bond acceptors (Lipinski definition) is 4. The molecule has 110 valence electrons. The maximum absolute atomic E-state index is 12.1. The van der Waals surface area contributed by atoms with Crippen LogP contribution in [0, 0.1) is 17.8 Å². The summed E-state index contributed by atoms with van der Waals surface area (Å²) < 4.78 is 11.2. The molecule has 0 heterocycles. The minimum atomic E-state index is -0.510. The van der Waals surface area contributed by atoms with Crippen molar-refractivity contribution in [2.45, 2.75) is 57.8 Å². The van der Waals surface area contributed by atoms with Crippen molar-refractivity contribution < 1.29 is 19.1 Å². The molecule has 3 aliphatic rings. The first kappa shape index (κ1) is 13.8. The molecule has 0 amide bonds. The lowest BCUT2D eigenvalue weighted by Gasteiger charge is -2.26. The molecule has 0 aromatic heterocycles. The zero-order valence-corrected chi connectivity index (χ0v) is 11.9. The van der Waals surface area contributed by atoms with E-state index in [1.807, 2.05) is 12.2 Å². The molecule has 3 aliphatic carbocycles. The zero-order valence-electron chi connectivity index (χ0n) is 11.9. The molecule has 0 aliphatic heterocycles. The van der Waals surface area contributed by atoms with E-state index in [0.29, 0.717) is 6.42 Å². The van der Waals surface area contributed by atoms with Crippen LogP contribution < -0.4 is 0 Å². The van der Waals surface area contributed by atoms with E-state index in [1.54, 1.807) is 6.92 Å². The van der Waals surface area contributed by atoms with Gasteiger partial charge in [0.05, 0.1) is 12.0 Å². The number of Topliss-reactive ketones (excluding diaryl/α,β-unsaturated/α-hetero) is 1. The molecule has 0 radical (unpaired) electrons. The predicted octanol–water partition coefficient (Wildman–Crippen LogP) is 2.62. The number of esters is 1. The minimum Gasteiger partial charge on any atom is -0.436 e. The van der Waals surface area contributed by atoms with Crippen LogP contribution in [0.1, 0.15) is 45.4 Å². The Labute approximate surface area is 119 Å². The van der Waals surface area contributed by atoms with Gasteiger partial charge < -0.3 is 9.47 Å². The molecule has 2 fully saturated rings. The van der Waals surface area contributed by atoms with Crippen LogP contribution in [-0.2, 0) is 19.1 Å². The smallest absolute Gasteiger partial charge is 0.312 e. The Morgan fingerprint density at radius 3 is 2.60 bits per heavy atom. The summed E-state index contributed by atoms with van der Waals surface area (Å²) in [6.07, 6.45) is 9.84. The van der Waals surface area contributed by atoms with Crippen LogP contribution in [-0.4, -0.2) is 24.1 Å². The second kappa shape index (κ2) is 5.68. The summed E-state index contributed by atoms with van der Waals surface area (Å²) in [5.74, 6) is -0.720. The van der Waals surface area contributed by atoms with E-state index in [1.165, 1.54) is 19.3 Å². The Morgan fingerprint density at radius 1 is 1.25 bits per heavy atom. The lowest BCUT2D eigenvalue weighted by Crippen LogP contribution is -2.30. The molecular weight excluding hydrogens is 256 g/mol. The van der Waals surface area contributed by atoms with Crippen molar-refractivity contribution in [2.75, 3.05) is 0 Å². The summed E-state index contributed by atoms with van der Waals surface area (Å²) >= 11 is 0. The van der Waals surface area contributed by atoms with Crippen LogP contribution >= 0.6 is 0 Å². The number of carbonyl (C=O) groups is 2. The Balaban J connectivity index is 1.49. The third kappa shape index (κ3) is 2.66. The molecule has 3 rings (SSSR count). The van der Waals surface area contributed by atoms with Gasteiger partial charge in [-0.25, -0.2) is 0 Å². The van der Waals surface area contributed by atoms with Crippen LogP contribution in [0.5, 0.6) is 0 Å². The summed E-state index contributed by atoms with van der Waals surface area (Å²) in [6, 6.07) is 0. The van der Waals surface area contributed by atoms with E-state index in [2.05, 4.69) is 0 Å². The first-order valence-electron chi connectivity index (χ1n) is 7.73.